The van der Waals surface area contributed by atoms with Crippen LogP contribution in [0.1, 0.15) is 31.6 Å². The SMILES string of the molecule is COC(=O)CC[C@H](NC(=O)NC(C)c1ncc[nH]1)C(=O)O. The summed E-state index contributed by atoms with van der Waals surface area (Å²) >= 11 is 0. The van der Waals surface area contributed by atoms with Crippen molar-refractivity contribution < 1.29 is 24.2 Å². The smallest absolute Gasteiger partial charge is 0.326 e. The molecule has 1 unspecified atom stereocenters. The van der Waals surface area contributed by atoms with Crippen molar-refractivity contribution in [3.63, 3.8) is 0 Å². The number of esters is 1. The highest BCUT2D eigenvalue weighted by Crippen LogP contribution is 2.05. The summed E-state index contributed by atoms with van der Waals surface area (Å²) in [5.41, 5.74) is 0. The number of rotatable bonds is 7. The number of methoxy groups -OCH3 is 1. The average Bonchev–Trinajstić information content (AvgIpc) is 2.96. The maximum atomic E-state index is 11.7. The Morgan fingerprint density at radius 3 is 2.67 bits per heavy atom. The molecule has 0 fully saturated rings. The molecule has 0 aliphatic heterocycles. The van der Waals surface area contributed by atoms with Crippen LogP contribution >= 0.6 is 0 Å². The van der Waals surface area contributed by atoms with E-state index < -0.39 is 30.1 Å². The molecule has 1 heterocycles. The summed E-state index contributed by atoms with van der Waals surface area (Å²) in [4.78, 5) is 40.6. The van der Waals surface area contributed by atoms with Crippen molar-refractivity contribution in [3.8, 4) is 0 Å². The number of nitrogens with one attached hydrogen (secondary N) is 3. The van der Waals surface area contributed by atoms with Gasteiger partial charge in [0.25, 0.3) is 0 Å². The molecule has 1 rings (SSSR count). The molecule has 9 nitrogen and oxygen atoms in total. The van der Waals surface area contributed by atoms with E-state index in [1.807, 2.05) is 0 Å². The summed E-state index contributed by atoms with van der Waals surface area (Å²) in [6.07, 6.45) is 3.01. The monoisotopic (exact) mass is 298 g/mol. The Morgan fingerprint density at radius 1 is 1.43 bits per heavy atom. The lowest BCUT2D eigenvalue weighted by Gasteiger charge is -2.17. The number of amides is 2. The number of carbonyl (C=O) groups is 3. The quantitative estimate of drug-likeness (QED) is 0.530. The van der Waals surface area contributed by atoms with Gasteiger partial charge in [-0.1, -0.05) is 0 Å². The number of hydrogen-bond acceptors (Lipinski definition) is 5. The lowest BCUT2D eigenvalue weighted by atomic mass is 10.1. The fourth-order valence-corrected chi connectivity index (χ4v) is 1.60. The predicted molar refractivity (Wildman–Crippen MR) is 71.3 cm³/mol. The van der Waals surface area contributed by atoms with E-state index in [1.54, 1.807) is 19.3 Å². The first-order valence-electron chi connectivity index (χ1n) is 6.30. The van der Waals surface area contributed by atoms with Gasteiger partial charge in [0.15, 0.2) is 0 Å². The number of carboxylic acid groups (broad SMARTS) is 1. The number of imidazole rings is 1. The van der Waals surface area contributed by atoms with Gasteiger partial charge in [0.2, 0.25) is 0 Å². The molecule has 0 aliphatic rings. The molecule has 0 spiro atoms. The maximum Gasteiger partial charge on any atom is 0.326 e. The van der Waals surface area contributed by atoms with Crippen molar-refractivity contribution in [2.75, 3.05) is 7.11 Å². The van der Waals surface area contributed by atoms with Gasteiger partial charge >= 0.3 is 18.0 Å². The second-order valence-corrected chi connectivity index (χ2v) is 4.32. The molecular weight excluding hydrogens is 280 g/mol. The highest BCUT2D eigenvalue weighted by molar-refractivity contribution is 5.83. The number of carboxylic acids is 1. The minimum absolute atomic E-state index is 0.0510. The predicted octanol–water partition coefficient (Wildman–Crippen LogP) is 0.176. The molecule has 0 radical (unpaired) electrons. The Morgan fingerprint density at radius 2 is 2.14 bits per heavy atom. The Hall–Kier alpha value is -2.58. The van der Waals surface area contributed by atoms with E-state index in [2.05, 4.69) is 25.3 Å². The average molecular weight is 298 g/mol. The summed E-state index contributed by atoms with van der Waals surface area (Å²) in [7, 11) is 1.21. The number of hydrogen-bond donors (Lipinski definition) is 4. The van der Waals surface area contributed by atoms with E-state index >= 15 is 0 Å². The van der Waals surface area contributed by atoms with Gasteiger partial charge < -0.3 is 25.5 Å². The normalized spacial score (nSPS) is 13.0. The molecule has 1 aromatic rings. The summed E-state index contributed by atoms with van der Waals surface area (Å²) in [6, 6.07) is -2.24. The van der Waals surface area contributed by atoms with Crippen LogP contribution in [0.25, 0.3) is 0 Å². The van der Waals surface area contributed by atoms with Crippen LogP contribution in [0.3, 0.4) is 0 Å². The number of urea groups is 1. The maximum absolute atomic E-state index is 11.7. The summed E-state index contributed by atoms with van der Waals surface area (Å²) in [5.74, 6) is -1.21. The van der Waals surface area contributed by atoms with Crippen molar-refractivity contribution in [1.29, 1.82) is 0 Å². The van der Waals surface area contributed by atoms with Crippen molar-refractivity contribution >= 4 is 18.0 Å². The zero-order chi connectivity index (χ0) is 15.8. The summed E-state index contributed by atoms with van der Waals surface area (Å²) in [5, 5.41) is 13.8. The number of aromatic amines is 1. The molecular formula is C12H18N4O5. The zero-order valence-corrected chi connectivity index (χ0v) is 11.8. The van der Waals surface area contributed by atoms with Crippen molar-refractivity contribution in [3.05, 3.63) is 18.2 Å². The largest absolute Gasteiger partial charge is 0.480 e. The Kier molecular flexibility index (Phi) is 6.18. The van der Waals surface area contributed by atoms with Crippen LogP contribution in [-0.4, -0.2) is 46.2 Å². The first-order valence-corrected chi connectivity index (χ1v) is 6.30. The minimum Gasteiger partial charge on any atom is -0.480 e. The van der Waals surface area contributed by atoms with Crippen LogP contribution in [0.2, 0.25) is 0 Å². The molecule has 4 N–H and O–H groups in total. The van der Waals surface area contributed by atoms with Crippen molar-refractivity contribution in [2.24, 2.45) is 0 Å². The molecule has 0 aromatic carbocycles. The molecule has 0 bridgehead atoms. The molecule has 0 saturated heterocycles. The van der Waals surface area contributed by atoms with Crippen LogP contribution in [0.15, 0.2) is 12.4 Å². The fraction of sp³-hybridized carbons (Fsp3) is 0.500. The van der Waals surface area contributed by atoms with E-state index in [0.717, 1.165) is 0 Å². The highest BCUT2D eigenvalue weighted by Gasteiger charge is 2.22. The number of aromatic nitrogens is 2. The minimum atomic E-state index is -1.22. The van der Waals surface area contributed by atoms with Crippen LogP contribution < -0.4 is 10.6 Å². The van der Waals surface area contributed by atoms with Gasteiger partial charge in [0.05, 0.1) is 13.2 Å². The third-order valence-electron chi connectivity index (χ3n) is 2.75. The first kappa shape index (κ1) is 16.5. The number of nitrogens with zero attached hydrogens (tertiary/aromatic N) is 1. The topological polar surface area (TPSA) is 133 Å². The molecule has 0 aliphatic carbocycles. The van der Waals surface area contributed by atoms with Gasteiger partial charge in [-0.2, -0.15) is 0 Å². The molecule has 1 aromatic heterocycles. The third kappa shape index (κ3) is 5.51. The van der Waals surface area contributed by atoms with E-state index in [0.29, 0.717) is 5.82 Å². The van der Waals surface area contributed by atoms with Crippen LogP contribution in [0.4, 0.5) is 4.79 Å². The lowest BCUT2D eigenvalue weighted by Crippen LogP contribution is -2.46. The zero-order valence-electron chi connectivity index (χ0n) is 11.8. The van der Waals surface area contributed by atoms with Crippen LogP contribution in [0.5, 0.6) is 0 Å². The molecule has 21 heavy (non-hydrogen) atoms. The molecule has 2 amide bonds. The van der Waals surface area contributed by atoms with Gasteiger partial charge in [-0.3, -0.25) is 4.79 Å². The van der Waals surface area contributed by atoms with Gasteiger partial charge in [-0.05, 0) is 13.3 Å². The van der Waals surface area contributed by atoms with Crippen molar-refractivity contribution in [1.82, 2.24) is 20.6 Å². The first-order chi connectivity index (χ1) is 9.93. The Balaban J connectivity index is 2.48. The number of carbonyl (C=O) groups excluding carboxylic acids is 2. The number of aliphatic carboxylic acids is 1. The van der Waals surface area contributed by atoms with E-state index in [1.165, 1.54) is 7.11 Å². The van der Waals surface area contributed by atoms with E-state index in [-0.39, 0.29) is 12.8 Å². The van der Waals surface area contributed by atoms with E-state index in [9.17, 15) is 14.4 Å². The molecule has 0 saturated carbocycles. The van der Waals surface area contributed by atoms with Gasteiger partial charge in [-0.25, -0.2) is 14.6 Å². The Labute approximate surface area is 121 Å². The number of H-pyrrole nitrogens is 1. The summed E-state index contributed by atoms with van der Waals surface area (Å²) < 4.78 is 4.43. The van der Waals surface area contributed by atoms with Crippen LogP contribution in [0, 0.1) is 0 Å². The summed E-state index contributed by atoms with van der Waals surface area (Å²) in [6.45, 7) is 1.70. The second kappa shape index (κ2) is 7.88. The second-order valence-electron chi connectivity index (χ2n) is 4.32. The fourth-order valence-electron chi connectivity index (χ4n) is 1.60. The Bertz CT molecular complexity index is 488. The molecule has 116 valence electrons. The third-order valence-corrected chi connectivity index (χ3v) is 2.75. The standard InChI is InChI=1S/C12H18N4O5/c1-7(10-13-5-6-14-10)15-12(20)16-8(11(18)19)3-4-9(17)21-2/h5-8H,3-4H2,1-2H3,(H,13,14)(H,18,19)(H2,15,16,20)/t7?,8-/m0/s1. The van der Waals surface area contributed by atoms with Gasteiger partial charge in [0.1, 0.15) is 11.9 Å². The lowest BCUT2D eigenvalue weighted by molar-refractivity contribution is -0.142. The van der Waals surface area contributed by atoms with Crippen LogP contribution in [-0.2, 0) is 14.3 Å². The van der Waals surface area contributed by atoms with Gasteiger partial charge in [-0.15, -0.1) is 0 Å². The number of ether oxygens (including phenoxy) is 1. The van der Waals surface area contributed by atoms with E-state index in [4.69, 9.17) is 5.11 Å². The van der Waals surface area contributed by atoms with Crippen molar-refractivity contribution in [2.45, 2.75) is 31.8 Å². The highest BCUT2D eigenvalue weighted by atomic mass is 16.5. The molecule has 9 heteroatoms. The van der Waals surface area contributed by atoms with Gasteiger partial charge in [0, 0.05) is 18.8 Å². The molecule has 2 atom stereocenters.